The van der Waals surface area contributed by atoms with Crippen LogP contribution in [0, 0.1) is 41.4 Å². The van der Waals surface area contributed by atoms with Gasteiger partial charge in [0.05, 0.1) is 41.4 Å². The first-order chi connectivity index (χ1) is 38.5. The highest BCUT2D eigenvalue weighted by atomic mass is 16.5. The highest BCUT2D eigenvalue weighted by Gasteiger charge is 2.39. The number of aromatic nitrogens is 1. The number of carbonyl (C=O) groups is 3. The molecule has 2 aliphatic heterocycles. The number of hydrazine groups is 1. The number of likely N-dealkylation sites (N-methyl/N-ethyl adjacent to an activating group) is 1. The molecule has 80 heavy (non-hydrogen) atoms. The number of hydrogen-bond acceptors (Lipinski definition) is 9. The SMILES string of the molecule is C#CC(C[C@H](NC(=O)[C@H](C(C)C)N(C)C[C@@H]1OCC[C@@H]1c1ccccc1)C(=O)N1CCC[C@@H](C=O)N1)=N/C(=C\C)c1ccc2c(c1)C(CC(C)(C)CC)=C(c1cc(CCCCCCC#CCCC)cnc1[C@H](C)OC)C(CC)C2=C. The Hall–Kier alpha value is -5.95. The summed E-state index contributed by atoms with van der Waals surface area (Å²) in [5.74, 6) is 8.90. The summed E-state index contributed by atoms with van der Waals surface area (Å²) < 4.78 is 12.4. The lowest BCUT2D eigenvalue weighted by Gasteiger charge is -2.37. The molecule has 3 aliphatic rings. The summed E-state index contributed by atoms with van der Waals surface area (Å²) in [4.78, 5) is 53.9. The van der Waals surface area contributed by atoms with Gasteiger partial charge >= 0.3 is 0 Å². The number of aliphatic imine (C=N–C) groups is 1. The Bertz CT molecular complexity index is 2790. The molecular weight excluding hydrogens is 993 g/mol. The van der Waals surface area contributed by atoms with Crippen molar-refractivity contribution < 1.29 is 23.9 Å². The lowest BCUT2D eigenvalue weighted by molar-refractivity contribution is -0.143. The first-order valence-corrected chi connectivity index (χ1v) is 30.0. The van der Waals surface area contributed by atoms with Crippen LogP contribution >= 0.6 is 0 Å². The Morgan fingerprint density at radius 3 is 2.45 bits per heavy atom. The fourth-order valence-electron chi connectivity index (χ4n) is 11.9. The van der Waals surface area contributed by atoms with Crippen molar-refractivity contribution in [1.82, 2.24) is 25.6 Å². The minimum atomic E-state index is -1.09. The number of fused-ring (bicyclic) bond motifs is 1. The highest BCUT2D eigenvalue weighted by molar-refractivity contribution is 6.07. The second-order valence-corrected chi connectivity index (χ2v) is 23.5. The molecule has 430 valence electrons. The molecule has 0 spiro atoms. The quantitative estimate of drug-likeness (QED) is 0.0335. The van der Waals surface area contributed by atoms with Crippen molar-refractivity contribution in [2.24, 2.45) is 22.2 Å². The monoisotopic (exact) mass is 1090 g/mol. The van der Waals surface area contributed by atoms with E-state index in [9.17, 15) is 14.4 Å². The molecule has 11 nitrogen and oxygen atoms in total. The summed E-state index contributed by atoms with van der Waals surface area (Å²) in [6.45, 7) is 25.8. The van der Waals surface area contributed by atoms with E-state index in [1.807, 2.05) is 51.1 Å². The highest BCUT2D eigenvalue weighted by Crippen LogP contribution is 2.52. The van der Waals surface area contributed by atoms with Crippen molar-refractivity contribution >= 4 is 46.2 Å². The Balaban J connectivity index is 1.36. The van der Waals surface area contributed by atoms with Crippen molar-refractivity contribution in [1.29, 1.82) is 0 Å². The molecule has 1 unspecified atom stereocenters. The lowest BCUT2D eigenvalue weighted by Crippen LogP contribution is -2.61. The summed E-state index contributed by atoms with van der Waals surface area (Å²) in [5.41, 5.74) is 15.2. The Labute approximate surface area is 481 Å². The predicted octanol–water partition coefficient (Wildman–Crippen LogP) is 13.4. The molecule has 6 rings (SSSR count). The van der Waals surface area contributed by atoms with Gasteiger partial charge in [0.2, 0.25) is 5.91 Å². The predicted molar refractivity (Wildman–Crippen MR) is 329 cm³/mol. The van der Waals surface area contributed by atoms with Crippen LogP contribution in [0.25, 0.3) is 22.4 Å². The molecule has 3 heterocycles. The number of carbonyl (C=O) groups excluding carboxylic acids is 3. The van der Waals surface area contributed by atoms with Crippen molar-refractivity contribution in [2.45, 2.75) is 195 Å². The summed E-state index contributed by atoms with van der Waals surface area (Å²) in [7, 11) is 3.70. The molecule has 0 bridgehead atoms. The van der Waals surface area contributed by atoms with Gasteiger partial charge in [0.25, 0.3) is 5.91 Å². The van der Waals surface area contributed by atoms with Gasteiger partial charge in [-0.3, -0.25) is 24.5 Å². The van der Waals surface area contributed by atoms with E-state index in [4.69, 9.17) is 32.5 Å². The van der Waals surface area contributed by atoms with Crippen LogP contribution in [0.2, 0.25) is 0 Å². The number of aryl methyl sites for hydroxylation is 1. The molecular formula is C69H94N6O5. The lowest BCUT2D eigenvalue weighted by atomic mass is 9.67. The van der Waals surface area contributed by atoms with E-state index in [0.717, 1.165) is 117 Å². The summed E-state index contributed by atoms with van der Waals surface area (Å²) in [6, 6.07) is 17.1. The normalized spacial score (nSPS) is 20.0. The van der Waals surface area contributed by atoms with E-state index in [-0.39, 0.29) is 53.6 Å². The minimum absolute atomic E-state index is 0.0405. The summed E-state index contributed by atoms with van der Waals surface area (Å²) in [6.07, 6.45) is 24.1. The largest absolute Gasteiger partial charge is 0.376 e. The molecule has 1 aliphatic carbocycles. The van der Waals surface area contributed by atoms with Crippen LogP contribution in [0.1, 0.15) is 203 Å². The number of methoxy groups -OCH3 is 1. The van der Waals surface area contributed by atoms with Gasteiger partial charge in [-0.2, -0.15) is 0 Å². The molecule has 3 aromatic rings. The number of ether oxygens (including phenoxy) is 2. The number of pyridine rings is 1. The molecule has 0 saturated carbocycles. The molecule has 2 saturated heterocycles. The number of aldehydes is 1. The number of nitrogens with zero attached hydrogens (tertiary/aromatic N) is 4. The van der Waals surface area contributed by atoms with Gasteiger partial charge in [-0.25, -0.2) is 10.4 Å². The second kappa shape index (κ2) is 30.8. The van der Waals surface area contributed by atoms with Gasteiger partial charge in [-0.05, 0) is 141 Å². The maximum absolute atomic E-state index is 14.8. The number of hydrogen-bond donors (Lipinski definition) is 2. The summed E-state index contributed by atoms with van der Waals surface area (Å²) in [5, 5.41) is 4.62. The van der Waals surface area contributed by atoms with E-state index in [0.29, 0.717) is 43.9 Å². The van der Waals surface area contributed by atoms with Crippen LogP contribution in [0.3, 0.4) is 0 Å². The number of terminal acetylenes is 1. The fourth-order valence-corrected chi connectivity index (χ4v) is 11.9. The van der Waals surface area contributed by atoms with E-state index in [1.54, 1.807) is 7.11 Å². The molecule has 11 heteroatoms. The maximum Gasteiger partial charge on any atom is 0.259 e. The van der Waals surface area contributed by atoms with Crippen molar-refractivity contribution in [2.75, 3.05) is 33.9 Å². The average Bonchev–Trinajstić information content (AvgIpc) is 4.04. The van der Waals surface area contributed by atoms with Crippen LogP contribution < -0.4 is 10.7 Å². The number of benzene rings is 2. The van der Waals surface area contributed by atoms with Crippen molar-refractivity contribution in [3.8, 4) is 24.2 Å². The molecule has 2 fully saturated rings. The minimum Gasteiger partial charge on any atom is -0.376 e. The van der Waals surface area contributed by atoms with E-state index in [2.05, 4.69) is 119 Å². The van der Waals surface area contributed by atoms with Crippen LogP contribution in [0.15, 0.2) is 78.4 Å². The standard InChI is InChI=1S/C69H94N6O5/c1-14-19-20-21-22-23-24-25-27-31-50-40-59(65(70-44-50)49(9)79-13)64-55(16-3)48(8)56-36-35-52(41-58(56)60(64)43-69(10,11)18-5)61(17-4)71-53(15-2)42-62(68(78)75-38-30-34-54(46-76)73-75)72-67(77)66(47(6)7)74(12)45-63-57(37-39-80-63)51-32-28-26-29-33-51/h2,17,26,28-29,32-33,35-36,40-41,44,46-47,49,54-55,57,62-63,66,73H,8,14,16,18-19,22-25,27,30-31,34,37-39,42-43,45H2,1,3-7,9-13H3,(H,72,77)/b61-17-,71-53?/t49-,54-,55?,57+,62-,63-,66-/m0/s1. The van der Waals surface area contributed by atoms with Gasteiger partial charge in [0.1, 0.15) is 12.3 Å². The van der Waals surface area contributed by atoms with Crippen molar-refractivity contribution in [3.05, 3.63) is 113 Å². The van der Waals surface area contributed by atoms with Crippen LogP contribution in [0.4, 0.5) is 0 Å². The Morgan fingerprint density at radius 2 is 1.77 bits per heavy atom. The fraction of sp³-hybridized carbons (Fsp3) is 0.551. The number of amides is 2. The Kier molecular flexibility index (Phi) is 24.3. The van der Waals surface area contributed by atoms with Crippen LogP contribution in [-0.2, 0) is 30.3 Å². The molecule has 2 amide bonds. The van der Waals surface area contributed by atoms with Crippen LogP contribution in [0.5, 0.6) is 0 Å². The van der Waals surface area contributed by atoms with Crippen molar-refractivity contribution in [3.63, 3.8) is 0 Å². The van der Waals surface area contributed by atoms with Crippen LogP contribution in [-0.4, -0.2) is 96.8 Å². The number of nitrogens with one attached hydrogen (secondary N) is 2. The Morgan fingerprint density at radius 1 is 1.02 bits per heavy atom. The maximum atomic E-state index is 14.8. The topological polar surface area (TPSA) is 125 Å². The first-order valence-electron chi connectivity index (χ1n) is 30.0. The average molecular weight is 1090 g/mol. The summed E-state index contributed by atoms with van der Waals surface area (Å²) >= 11 is 0. The zero-order valence-electron chi connectivity index (χ0n) is 50.4. The molecule has 0 radical (unpaired) electrons. The molecule has 2 aromatic carbocycles. The van der Waals surface area contributed by atoms with E-state index >= 15 is 0 Å². The van der Waals surface area contributed by atoms with Gasteiger partial charge in [-0.1, -0.05) is 129 Å². The third kappa shape index (κ3) is 16.4. The number of unbranched alkanes of at least 4 members (excludes halogenated alkanes) is 5. The second-order valence-electron chi connectivity index (χ2n) is 23.5. The van der Waals surface area contributed by atoms with E-state index < -0.39 is 18.1 Å². The smallest absolute Gasteiger partial charge is 0.259 e. The number of rotatable bonds is 27. The third-order valence-electron chi connectivity index (χ3n) is 16.8. The third-order valence-corrected chi connectivity index (χ3v) is 16.8. The number of allylic oxidation sites excluding steroid dienone is 4. The van der Waals surface area contributed by atoms with E-state index in [1.165, 1.54) is 27.3 Å². The molecule has 7 atom stereocenters. The zero-order chi connectivity index (χ0) is 57.9. The first kappa shape index (κ1) is 63.2. The van der Waals surface area contributed by atoms with Gasteiger partial charge in [0.15, 0.2) is 0 Å². The molecule has 2 N–H and O–H groups in total. The van der Waals surface area contributed by atoms with Gasteiger partial charge in [0, 0.05) is 75.2 Å². The molecule has 1 aromatic heterocycles. The van der Waals surface area contributed by atoms with Gasteiger partial charge < -0.3 is 19.6 Å². The zero-order valence-corrected chi connectivity index (χ0v) is 50.4. The van der Waals surface area contributed by atoms with Gasteiger partial charge in [-0.15, -0.1) is 18.3 Å².